The van der Waals surface area contributed by atoms with Gasteiger partial charge in [0.1, 0.15) is 0 Å². The van der Waals surface area contributed by atoms with Gasteiger partial charge in [-0.15, -0.1) is 0 Å². The molecular formula is C13H27N3O3. The van der Waals surface area contributed by atoms with Gasteiger partial charge in [-0.2, -0.15) is 0 Å². The van der Waals surface area contributed by atoms with Gasteiger partial charge in [-0.3, -0.25) is 9.59 Å². The van der Waals surface area contributed by atoms with Crippen molar-refractivity contribution < 1.29 is 14.3 Å². The second kappa shape index (κ2) is 10.8. The van der Waals surface area contributed by atoms with E-state index in [0.717, 1.165) is 12.8 Å². The van der Waals surface area contributed by atoms with E-state index in [1.165, 1.54) is 7.11 Å². The third-order valence-electron chi connectivity index (χ3n) is 2.75. The van der Waals surface area contributed by atoms with E-state index >= 15 is 0 Å². The number of rotatable bonds is 10. The van der Waals surface area contributed by atoms with Crippen LogP contribution in [-0.2, 0) is 14.3 Å². The van der Waals surface area contributed by atoms with Gasteiger partial charge in [0, 0.05) is 26.7 Å². The second-order valence-corrected chi connectivity index (χ2v) is 4.46. The summed E-state index contributed by atoms with van der Waals surface area (Å²) in [6.45, 7) is 5.56. The molecule has 0 saturated carbocycles. The van der Waals surface area contributed by atoms with E-state index in [4.69, 9.17) is 10.5 Å². The minimum Gasteiger partial charge on any atom is -0.380 e. The highest BCUT2D eigenvalue weighted by atomic mass is 16.5. The third kappa shape index (κ3) is 7.79. The Morgan fingerprint density at radius 1 is 1.32 bits per heavy atom. The Hall–Kier alpha value is -1.14. The molecule has 0 spiro atoms. The predicted molar refractivity (Wildman–Crippen MR) is 74.6 cm³/mol. The molecule has 0 aromatic carbocycles. The normalized spacial score (nSPS) is 12.0. The zero-order valence-electron chi connectivity index (χ0n) is 12.3. The highest BCUT2D eigenvalue weighted by Gasteiger charge is 2.19. The lowest BCUT2D eigenvalue weighted by Gasteiger charge is -2.23. The second-order valence-electron chi connectivity index (χ2n) is 4.46. The fourth-order valence-corrected chi connectivity index (χ4v) is 1.64. The molecule has 0 bridgehead atoms. The average molecular weight is 273 g/mol. The first-order valence-corrected chi connectivity index (χ1v) is 6.86. The van der Waals surface area contributed by atoms with Crippen molar-refractivity contribution in [3.63, 3.8) is 0 Å². The van der Waals surface area contributed by atoms with Gasteiger partial charge in [-0.1, -0.05) is 13.8 Å². The lowest BCUT2D eigenvalue weighted by Crippen LogP contribution is -2.43. The smallest absolute Gasteiger partial charge is 0.239 e. The zero-order chi connectivity index (χ0) is 14.7. The molecule has 112 valence electrons. The van der Waals surface area contributed by atoms with E-state index in [9.17, 15) is 9.59 Å². The Morgan fingerprint density at radius 2 is 2.00 bits per heavy atom. The van der Waals surface area contributed by atoms with Gasteiger partial charge in [0.05, 0.1) is 19.1 Å². The molecule has 0 aromatic heterocycles. The van der Waals surface area contributed by atoms with Crippen molar-refractivity contribution in [1.82, 2.24) is 10.2 Å². The van der Waals surface area contributed by atoms with Gasteiger partial charge in [0.25, 0.3) is 0 Å². The number of nitrogens with one attached hydrogen (secondary N) is 1. The quantitative estimate of drug-likeness (QED) is 0.592. The number of hydrogen-bond acceptors (Lipinski definition) is 4. The number of methoxy groups -OCH3 is 1. The van der Waals surface area contributed by atoms with Crippen molar-refractivity contribution in [1.29, 1.82) is 0 Å². The molecule has 0 aliphatic carbocycles. The molecule has 0 saturated heterocycles. The molecule has 0 fully saturated rings. The summed E-state index contributed by atoms with van der Waals surface area (Å²) in [5.74, 6) is -0.212. The summed E-state index contributed by atoms with van der Waals surface area (Å²) in [5, 5.41) is 2.77. The van der Waals surface area contributed by atoms with Crippen molar-refractivity contribution in [2.75, 3.05) is 33.3 Å². The summed E-state index contributed by atoms with van der Waals surface area (Å²) in [6, 6.07) is 0. The molecule has 0 heterocycles. The molecule has 0 aliphatic rings. The number of amides is 2. The molecule has 0 aliphatic heterocycles. The van der Waals surface area contributed by atoms with Gasteiger partial charge in [0.2, 0.25) is 11.8 Å². The molecule has 2 amide bonds. The van der Waals surface area contributed by atoms with E-state index in [2.05, 4.69) is 5.32 Å². The molecule has 0 rings (SSSR count). The van der Waals surface area contributed by atoms with E-state index in [-0.39, 0.29) is 30.9 Å². The lowest BCUT2D eigenvalue weighted by molar-refractivity contribution is -0.138. The SMILES string of the molecule is CCCNC(=O)CN(CCC)C(=O)CC(CN)OC. The molecule has 3 N–H and O–H groups in total. The zero-order valence-corrected chi connectivity index (χ0v) is 12.3. The summed E-state index contributed by atoms with van der Waals surface area (Å²) < 4.78 is 5.10. The number of hydrogen-bond donors (Lipinski definition) is 2. The summed E-state index contributed by atoms with van der Waals surface area (Å²) in [6.07, 6.45) is 1.62. The van der Waals surface area contributed by atoms with Crippen LogP contribution in [0.25, 0.3) is 0 Å². The number of carbonyl (C=O) groups excluding carboxylic acids is 2. The van der Waals surface area contributed by atoms with E-state index in [1.54, 1.807) is 4.90 Å². The molecule has 6 nitrogen and oxygen atoms in total. The molecule has 0 aromatic rings. The predicted octanol–water partition coefficient (Wildman–Crippen LogP) is 0.115. The van der Waals surface area contributed by atoms with Crippen molar-refractivity contribution in [3.05, 3.63) is 0 Å². The van der Waals surface area contributed by atoms with Gasteiger partial charge in [0.15, 0.2) is 0 Å². The topological polar surface area (TPSA) is 84.7 Å². The molecule has 0 radical (unpaired) electrons. The first kappa shape index (κ1) is 17.9. The van der Waals surface area contributed by atoms with Crippen molar-refractivity contribution in [3.8, 4) is 0 Å². The summed E-state index contributed by atoms with van der Waals surface area (Å²) >= 11 is 0. The third-order valence-corrected chi connectivity index (χ3v) is 2.75. The van der Waals surface area contributed by atoms with Crippen LogP contribution in [0.3, 0.4) is 0 Å². The summed E-state index contributed by atoms with van der Waals surface area (Å²) in [5.41, 5.74) is 5.50. The van der Waals surface area contributed by atoms with Crippen molar-refractivity contribution in [2.45, 2.75) is 39.2 Å². The molecule has 1 unspecified atom stereocenters. The Labute approximate surface area is 115 Å². The van der Waals surface area contributed by atoms with Crippen LogP contribution in [0.1, 0.15) is 33.1 Å². The maximum Gasteiger partial charge on any atom is 0.239 e. The first-order chi connectivity index (χ1) is 9.08. The maximum absolute atomic E-state index is 12.1. The summed E-state index contributed by atoms with van der Waals surface area (Å²) in [4.78, 5) is 25.3. The molecule has 1 atom stereocenters. The first-order valence-electron chi connectivity index (χ1n) is 6.86. The van der Waals surface area contributed by atoms with Crippen LogP contribution in [0, 0.1) is 0 Å². The van der Waals surface area contributed by atoms with Crippen LogP contribution < -0.4 is 11.1 Å². The lowest BCUT2D eigenvalue weighted by atomic mass is 10.2. The van der Waals surface area contributed by atoms with E-state index in [1.807, 2.05) is 13.8 Å². The molecule has 6 heteroatoms. The van der Waals surface area contributed by atoms with Crippen LogP contribution in [0.5, 0.6) is 0 Å². The average Bonchev–Trinajstić information content (AvgIpc) is 2.41. The number of carbonyl (C=O) groups is 2. The van der Waals surface area contributed by atoms with Gasteiger partial charge >= 0.3 is 0 Å². The van der Waals surface area contributed by atoms with Crippen LogP contribution in [0.4, 0.5) is 0 Å². The van der Waals surface area contributed by atoms with Gasteiger partial charge < -0.3 is 20.7 Å². The largest absolute Gasteiger partial charge is 0.380 e. The number of ether oxygens (including phenoxy) is 1. The van der Waals surface area contributed by atoms with Crippen LogP contribution >= 0.6 is 0 Å². The Balaban J connectivity index is 4.36. The van der Waals surface area contributed by atoms with Gasteiger partial charge in [-0.25, -0.2) is 0 Å². The Morgan fingerprint density at radius 3 is 2.47 bits per heavy atom. The van der Waals surface area contributed by atoms with Crippen LogP contribution in [-0.4, -0.2) is 56.1 Å². The fraction of sp³-hybridized carbons (Fsp3) is 0.846. The number of nitrogens with zero attached hydrogens (tertiary/aromatic N) is 1. The maximum atomic E-state index is 12.1. The molecular weight excluding hydrogens is 246 g/mol. The van der Waals surface area contributed by atoms with Crippen molar-refractivity contribution in [2.24, 2.45) is 5.73 Å². The fourth-order valence-electron chi connectivity index (χ4n) is 1.64. The molecule has 19 heavy (non-hydrogen) atoms. The monoisotopic (exact) mass is 273 g/mol. The van der Waals surface area contributed by atoms with Gasteiger partial charge in [-0.05, 0) is 12.8 Å². The van der Waals surface area contributed by atoms with Crippen LogP contribution in [0.2, 0.25) is 0 Å². The highest BCUT2D eigenvalue weighted by Crippen LogP contribution is 2.02. The summed E-state index contributed by atoms with van der Waals surface area (Å²) in [7, 11) is 1.53. The standard InChI is InChI=1S/C13H27N3O3/c1-4-6-15-12(17)10-16(7-5-2)13(18)8-11(9-14)19-3/h11H,4-10,14H2,1-3H3,(H,15,17). The number of nitrogens with two attached hydrogens (primary N) is 1. The van der Waals surface area contributed by atoms with Crippen LogP contribution in [0.15, 0.2) is 0 Å². The van der Waals surface area contributed by atoms with E-state index < -0.39 is 0 Å². The van der Waals surface area contributed by atoms with E-state index in [0.29, 0.717) is 19.6 Å². The van der Waals surface area contributed by atoms with Crippen molar-refractivity contribution >= 4 is 11.8 Å². The minimum absolute atomic E-state index is 0.0919. The Bertz CT molecular complexity index is 268. The Kier molecular flexibility index (Phi) is 10.1. The highest BCUT2D eigenvalue weighted by molar-refractivity contribution is 5.85. The minimum atomic E-state index is -0.287.